The molecule has 200 valence electrons. The third-order valence-electron chi connectivity index (χ3n) is 6.24. The first-order chi connectivity index (χ1) is 18.1. The quantitative estimate of drug-likeness (QED) is 0.405. The number of carbonyl (C=O) groups is 2. The molecule has 3 aromatic rings. The predicted molar refractivity (Wildman–Crippen MR) is 151 cm³/mol. The number of nitrogens with one attached hydrogen (secondary N) is 2. The summed E-state index contributed by atoms with van der Waals surface area (Å²) >= 11 is 9.44. The summed E-state index contributed by atoms with van der Waals surface area (Å²) in [6.07, 6.45) is 0. The molecule has 38 heavy (non-hydrogen) atoms. The number of rotatable bonds is 7. The zero-order valence-electron chi connectivity index (χ0n) is 20.8. The molecule has 0 saturated carbocycles. The van der Waals surface area contributed by atoms with Gasteiger partial charge in [-0.2, -0.15) is 4.31 Å². The maximum Gasteiger partial charge on any atom is 0.317 e. The largest absolute Gasteiger partial charge is 0.348 e. The van der Waals surface area contributed by atoms with Gasteiger partial charge >= 0.3 is 6.03 Å². The summed E-state index contributed by atoms with van der Waals surface area (Å²) in [4.78, 5) is 27.0. The van der Waals surface area contributed by atoms with Gasteiger partial charge < -0.3 is 15.5 Å². The van der Waals surface area contributed by atoms with E-state index in [1.54, 1.807) is 35.2 Å². The number of urea groups is 1. The fraction of sp³-hybridized carbons (Fsp3) is 0.259. The van der Waals surface area contributed by atoms with Crippen LogP contribution in [0.25, 0.3) is 0 Å². The fourth-order valence-corrected chi connectivity index (χ4v) is 6.49. The fourth-order valence-electron chi connectivity index (χ4n) is 4.06. The third-order valence-corrected chi connectivity index (χ3v) is 9.12. The number of nitrogens with zero attached hydrogens (tertiary/aromatic N) is 2. The van der Waals surface area contributed by atoms with Gasteiger partial charge in [-0.25, -0.2) is 13.2 Å². The monoisotopic (exact) mass is 618 g/mol. The maximum atomic E-state index is 13.0. The molecule has 0 atom stereocenters. The molecule has 11 heteroatoms. The summed E-state index contributed by atoms with van der Waals surface area (Å²) in [5, 5.41) is 5.92. The number of halogens is 2. The van der Waals surface area contributed by atoms with Gasteiger partial charge in [-0.15, -0.1) is 0 Å². The number of piperazine rings is 1. The first-order valence-corrected chi connectivity index (χ1v) is 14.7. The molecule has 0 bridgehead atoms. The Labute approximate surface area is 236 Å². The molecule has 0 radical (unpaired) electrons. The van der Waals surface area contributed by atoms with Gasteiger partial charge in [0, 0.05) is 49.3 Å². The summed E-state index contributed by atoms with van der Waals surface area (Å²) in [5.74, 6) is -0.193. The van der Waals surface area contributed by atoms with Crippen molar-refractivity contribution in [2.75, 3.05) is 26.2 Å². The molecule has 0 spiro atoms. The standard InChI is InChI=1S/C27H28BrClN4O4S/c1-19-5-7-20(8-6-19)17-30-26(34)22-4-2-3-21(15-22)18-31-27(35)32-11-13-33(14-12-32)38(36,37)25-10-9-23(28)16-24(25)29/h2-10,15-16H,11-14,17-18H2,1H3,(H,30,34)(H,31,35). The zero-order valence-corrected chi connectivity index (χ0v) is 23.9. The molecular formula is C27H28BrClN4O4S. The van der Waals surface area contributed by atoms with Gasteiger partial charge in [-0.3, -0.25) is 4.79 Å². The highest BCUT2D eigenvalue weighted by atomic mass is 79.9. The van der Waals surface area contributed by atoms with Crippen molar-refractivity contribution in [3.8, 4) is 0 Å². The van der Waals surface area contributed by atoms with Crippen molar-refractivity contribution in [1.82, 2.24) is 19.8 Å². The molecule has 3 aromatic carbocycles. The molecular weight excluding hydrogens is 592 g/mol. The first-order valence-electron chi connectivity index (χ1n) is 12.0. The van der Waals surface area contributed by atoms with Crippen molar-refractivity contribution in [1.29, 1.82) is 0 Å². The van der Waals surface area contributed by atoms with Crippen LogP contribution in [-0.4, -0.2) is 55.7 Å². The van der Waals surface area contributed by atoms with E-state index >= 15 is 0 Å². The third kappa shape index (κ3) is 6.93. The van der Waals surface area contributed by atoms with Crippen LogP contribution in [0.4, 0.5) is 4.79 Å². The molecule has 1 saturated heterocycles. The Morgan fingerprint density at radius 2 is 1.58 bits per heavy atom. The molecule has 1 heterocycles. The van der Waals surface area contributed by atoms with Crippen LogP contribution >= 0.6 is 27.5 Å². The molecule has 4 rings (SSSR count). The first kappa shape index (κ1) is 28.1. The second-order valence-electron chi connectivity index (χ2n) is 8.99. The van der Waals surface area contributed by atoms with E-state index in [9.17, 15) is 18.0 Å². The van der Waals surface area contributed by atoms with Crippen LogP contribution in [0.2, 0.25) is 5.02 Å². The predicted octanol–water partition coefficient (Wildman–Crippen LogP) is 4.56. The lowest BCUT2D eigenvalue weighted by atomic mass is 10.1. The van der Waals surface area contributed by atoms with E-state index < -0.39 is 10.0 Å². The van der Waals surface area contributed by atoms with Gasteiger partial charge in [0.2, 0.25) is 10.0 Å². The van der Waals surface area contributed by atoms with Gasteiger partial charge in [0.05, 0.1) is 5.02 Å². The van der Waals surface area contributed by atoms with E-state index in [2.05, 4.69) is 26.6 Å². The molecule has 2 N–H and O–H groups in total. The Balaban J connectivity index is 1.27. The Kier molecular flexibility index (Phi) is 9.09. The van der Waals surface area contributed by atoms with E-state index in [-0.39, 0.29) is 54.6 Å². The summed E-state index contributed by atoms with van der Waals surface area (Å²) in [6, 6.07) is 19.4. The minimum absolute atomic E-state index is 0.0445. The minimum atomic E-state index is -3.77. The lowest BCUT2D eigenvalue weighted by Crippen LogP contribution is -2.53. The van der Waals surface area contributed by atoms with Crippen LogP contribution in [-0.2, 0) is 23.1 Å². The summed E-state index contributed by atoms with van der Waals surface area (Å²) in [7, 11) is -3.77. The van der Waals surface area contributed by atoms with Gasteiger partial charge in [-0.05, 0) is 48.4 Å². The second-order valence-corrected chi connectivity index (χ2v) is 12.2. The number of hydrogen-bond donors (Lipinski definition) is 2. The molecule has 0 unspecified atom stereocenters. The Morgan fingerprint density at radius 3 is 2.26 bits per heavy atom. The lowest BCUT2D eigenvalue weighted by Gasteiger charge is -2.34. The van der Waals surface area contributed by atoms with Crippen molar-refractivity contribution in [3.05, 3.63) is 98.5 Å². The zero-order chi connectivity index (χ0) is 27.3. The van der Waals surface area contributed by atoms with Crippen LogP contribution in [0.1, 0.15) is 27.0 Å². The Hall–Kier alpha value is -2.92. The van der Waals surface area contributed by atoms with Crippen molar-refractivity contribution < 1.29 is 18.0 Å². The highest BCUT2D eigenvalue weighted by molar-refractivity contribution is 9.10. The van der Waals surface area contributed by atoms with Gasteiger partial charge in [0.1, 0.15) is 4.90 Å². The topological polar surface area (TPSA) is 98.8 Å². The minimum Gasteiger partial charge on any atom is -0.348 e. The van der Waals surface area contributed by atoms with Crippen LogP contribution in [0.3, 0.4) is 0 Å². The van der Waals surface area contributed by atoms with E-state index in [0.717, 1.165) is 16.7 Å². The molecule has 1 aliphatic heterocycles. The maximum absolute atomic E-state index is 13.0. The average Bonchev–Trinajstić information content (AvgIpc) is 2.91. The Bertz CT molecular complexity index is 1430. The van der Waals surface area contributed by atoms with Crippen molar-refractivity contribution in [3.63, 3.8) is 0 Å². The van der Waals surface area contributed by atoms with Gasteiger partial charge in [0.25, 0.3) is 5.91 Å². The number of carbonyl (C=O) groups excluding carboxylic acids is 2. The molecule has 0 aliphatic carbocycles. The van der Waals surface area contributed by atoms with E-state index in [0.29, 0.717) is 16.6 Å². The lowest BCUT2D eigenvalue weighted by molar-refractivity contribution is 0.0950. The number of benzene rings is 3. The van der Waals surface area contributed by atoms with Crippen LogP contribution < -0.4 is 10.6 Å². The average molecular weight is 620 g/mol. The smallest absolute Gasteiger partial charge is 0.317 e. The normalized spacial score (nSPS) is 14.2. The molecule has 0 aromatic heterocycles. The molecule has 8 nitrogen and oxygen atoms in total. The molecule has 3 amide bonds. The summed E-state index contributed by atoms with van der Waals surface area (Å²) < 4.78 is 28.0. The number of aryl methyl sites for hydroxylation is 1. The number of amides is 3. The van der Waals surface area contributed by atoms with E-state index in [1.807, 2.05) is 37.3 Å². The van der Waals surface area contributed by atoms with E-state index in [1.165, 1.54) is 10.4 Å². The van der Waals surface area contributed by atoms with Crippen molar-refractivity contribution in [2.45, 2.75) is 24.9 Å². The Morgan fingerprint density at radius 1 is 0.895 bits per heavy atom. The highest BCUT2D eigenvalue weighted by Gasteiger charge is 2.31. The molecule has 1 aliphatic rings. The van der Waals surface area contributed by atoms with E-state index in [4.69, 9.17) is 11.6 Å². The number of hydrogen-bond acceptors (Lipinski definition) is 4. The van der Waals surface area contributed by atoms with Crippen LogP contribution in [0, 0.1) is 6.92 Å². The summed E-state index contributed by atoms with van der Waals surface area (Å²) in [5.41, 5.74) is 3.47. The van der Waals surface area contributed by atoms with Crippen LogP contribution in [0.5, 0.6) is 0 Å². The van der Waals surface area contributed by atoms with Gasteiger partial charge in [-0.1, -0.05) is 69.5 Å². The molecule has 1 fully saturated rings. The SMILES string of the molecule is Cc1ccc(CNC(=O)c2cccc(CNC(=O)N3CCN(S(=O)(=O)c4ccc(Br)cc4Cl)CC3)c2)cc1. The second kappa shape index (κ2) is 12.3. The summed E-state index contributed by atoms with van der Waals surface area (Å²) in [6.45, 7) is 3.51. The van der Waals surface area contributed by atoms with Crippen molar-refractivity contribution >= 4 is 49.5 Å². The number of sulfonamides is 1. The highest BCUT2D eigenvalue weighted by Crippen LogP contribution is 2.28. The van der Waals surface area contributed by atoms with Crippen LogP contribution in [0.15, 0.2) is 76.1 Å². The van der Waals surface area contributed by atoms with Gasteiger partial charge in [0.15, 0.2) is 0 Å². The van der Waals surface area contributed by atoms with Crippen molar-refractivity contribution in [2.24, 2.45) is 0 Å².